The Morgan fingerprint density at radius 2 is 1.81 bits per heavy atom. The minimum absolute atomic E-state index is 0.00261. The number of amides is 1. The van der Waals surface area contributed by atoms with Crippen LogP contribution in [0.5, 0.6) is 5.75 Å². The fraction of sp³-hybridized carbons (Fsp3) is 0.263. The number of nitrogens with zero attached hydrogens (tertiary/aromatic N) is 2. The van der Waals surface area contributed by atoms with Crippen LogP contribution in [-0.2, 0) is 10.2 Å². The summed E-state index contributed by atoms with van der Waals surface area (Å²) in [4.78, 5) is 22.6. The van der Waals surface area contributed by atoms with Gasteiger partial charge >= 0.3 is 0 Å². The molecule has 2 rings (SSSR count). The van der Waals surface area contributed by atoms with E-state index in [-0.39, 0.29) is 11.6 Å². The van der Waals surface area contributed by atoms with Gasteiger partial charge in [0.25, 0.3) is 5.69 Å². The first-order chi connectivity index (χ1) is 12.3. The molecule has 0 radical (unpaired) electrons. The molecule has 26 heavy (non-hydrogen) atoms. The second-order valence-corrected chi connectivity index (χ2v) is 6.13. The molecule has 0 saturated heterocycles. The van der Waals surface area contributed by atoms with Crippen molar-refractivity contribution in [2.45, 2.75) is 26.2 Å². The molecule has 7 heteroatoms. The molecule has 0 aliphatic rings. The summed E-state index contributed by atoms with van der Waals surface area (Å²) < 4.78 is 5.40. The molecule has 0 heterocycles. The molecule has 1 N–H and O–H groups in total. The Balaban J connectivity index is 2.01. The first-order valence-electron chi connectivity index (χ1n) is 8.16. The zero-order chi connectivity index (χ0) is 19.2. The van der Waals surface area contributed by atoms with Gasteiger partial charge in [-0.2, -0.15) is 5.10 Å². The van der Waals surface area contributed by atoms with E-state index < -0.39 is 10.3 Å². The average Bonchev–Trinajstić information content (AvgIpc) is 2.62. The number of nitro benzene ring substituents is 1. The van der Waals surface area contributed by atoms with Crippen LogP contribution >= 0.6 is 0 Å². The predicted octanol–water partition coefficient (Wildman–Crippen LogP) is 3.42. The summed E-state index contributed by atoms with van der Waals surface area (Å²) in [7, 11) is 0. The number of hydrazone groups is 1. The molecule has 2 aromatic rings. The summed E-state index contributed by atoms with van der Waals surface area (Å²) >= 11 is 0. The largest absolute Gasteiger partial charge is 0.494 e. The Bertz CT molecular complexity index is 797. The zero-order valence-corrected chi connectivity index (χ0v) is 14.9. The lowest BCUT2D eigenvalue weighted by Gasteiger charge is -2.23. The van der Waals surface area contributed by atoms with E-state index in [0.717, 1.165) is 11.3 Å². The molecule has 0 bridgehead atoms. The van der Waals surface area contributed by atoms with Crippen LogP contribution in [0.15, 0.2) is 53.6 Å². The van der Waals surface area contributed by atoms with Crippen molar-refractivity contribution < 1.29 is 14.5 Å². The lowest BCUT2D eigenvalue weighted by atomic mass is 9.84. The number of hydrogen-bond donors (Lipinski definition) is 1. The van der Waals surface area contributed by atoms with E-state index in [2.05, 4.69) is 10.5 Å². The van der Waals surface area contributed by atoms with Crippen molar-refractivity contribution >= 4 is 17.8 Å². The van der Waals surface area contributed by atoms with Crippen molar-refractivity contribution in [3.63, 3.8) is 0 Å². The van der Waals surface area contributed by atoms with Gasteiger partial charge in [-0.3, -0.25) is 14.9 Å². The van der Waals surface area contributed by atoms with Crippen LogP contribution in [0.4, 0.5) is 5.69 Å². The summed E-state index contributed by atoms with van der Waals surface area (Å²) in [6.07, 6.45) is 1.44. The van der Waals surface area contributed by atoms with Crippen LogP contribution in [0.2, 0.25) is 0 Å². The van der Waals surface area contributed by atoms with Crippen molar-refractivity contribution in [1.82, 2.24) is 5.43 Å². The van der Waals surface area contributed by atoms with Crippen LogP contribution in [0, 0.1) is 10.1 Å². The van der Waals surface area contributed by atoms with Crippen LogP contribution in [0.1, 0.15) is 31.9 Å². The standard InChI is InChI=1S/C19H21N3O4/c1-4-26-17-11-7-15(8-12-17)19(2,3)18(23)21-20-13-14-5-9-16(10-6-14)22(24)25/h5-13H,4H2,1-3H3,(H,21,23). The summed E-state index contributed by atoms with van der Waals surface area (Å²) in [5.41, 5.74) is 3.22. The van der Waals surface area contributed by atoms with Gasteiger partial charge in [-0.15, -0.1) is 0 Å². The molecule has 0 spiro atoms. The number of rotatable bonds is 7. The Kier molecular flexibility index (Phi) is 6.06. The fourth-order valence-electron chi connectivity index (χ4n) is 2.25. The van der Waals surface area contributed by atoms with E-state index in [0.29, 0.717) is 12.2 Å². The Labute approximate surface area is 151 Å². The predicted molar refractivity (Wildman–Crippen MR) is 99.5 cm³/mol. The number of ether oxygens (including phenoxy) is 1. The first kappa shape index (κ1) is 19.1. The van der Waals surface area contributed by atoms with E-state index in [1.165, 1.54) is 18.3 Å². The van der Waals surface area contributed by atoms with Crippen LogP contribution in [-0.4, -0.2) is 23.7 Å². The first-order valence-corrected chi connectivity index (χ1v) is 8.16. The van der Waals surface area contributed by atoms with Gasteiger partial charge in [0, 0.05) is 12.1 Å². The lowest BCUT2D eigenvalue weighted by Crippen LogP contribution is -2.37. The summed E-state index contributed by atoms with van der Waals surface area (Å²) in [5.74, 6) is 0.489. The summed E-state index contributed by atoms with van der Waals surface area (Å²) in [5, 5.41) is 14.6. The molecule has 1 amide bonds. The number of hydrogen-bond acceptors (Lipinski definition) is 5. The molecular formula is C19H21N3O4. The smallest absolute Gasteiger partial charge is 0.269 e. The van der Waals surface area contributed by atoms with Gasteiger partial charge in [-0.1, -0.05) is 12.1 Å². The molecule has 0 unspecified atom stereocenters. The van der Waals surface area contributed by atoms with E-state index in [4.69, 9.17) is 4.74 Å². The summed E-state index contributed by atoms with van der Waals surface area (Å²) in [6, 6.07) is 13.2. The quantitative estimate of drug-likeness (QED) is 0.468. The number of carbonyl (C=O) groups is 1. The normalized spacial score (nSPS) is 11.3. The molecule has 2 aromatic carbocycles. The van der Waals surface area contributed by atoms with Crippen molar-refractivity contribution in [3.8, 4) is 5.75 Å². The molecule has 0 saturated carbocycles. The van der Waals surface area contributed by atoms with Gasteiger partial charge in [0.15, 0.2) is 0 Å². The monoisotopic (exact) mass is 355 g/mol. The highest BCUT2D eigenvalue weighted by atomic mass is 16.6. The maximum absolute atomic E-state index is 12.5. The van der Waals surface area contributed by atoms with Gasteiger partial charge in [-0.25, -0.2) is 5.43 Å². The fourth-order valence-corrected chi connectivity index (χ4v) is 2.25. The minimum Gasteiger partial charge on any atom is -0.494 e. The van der Waals surface area contributed by atoms with E-state index in [1.807, 2.05) is 31.2 Å². The van der Waals surface area contributed by atoms with Gasteiger partial charge in [-0.05, 0) is 56.2 Å². The van der Waals surface area contributed by atoms with Gasteiger partial charge < -0.3 is 4.74 Å². The third kappa shape index (κ3) is 4.66. The van der Waals surface area contributed by atoms with Crippen LogP contribution in [0.3, 0.4) is 0 Å². The maximum atomic E-state index is 12.5. The summed E-state index contributed by atoms with van der Waals surface area (Å²) in [6.45, 7) is 6.10. The van der Waals surface area contributed by atoms with E-state index in [9.17, 15) is 14.9 Å². The molecule has 0 aliphatic carbocycles. The second-order valence-electron chi connectivity index (χ2n) is 6.13. The van der Waals surface area contributed by atoms with Crippen LogP contribution in [0.25, 0.3) is 0 Å². The van der Waals surface area contributed by atoms with Gasteiger partial charge in [0.05, 0.1) is 23.2 Å². The minimum atomic E-state index is -0.780. The molecule has 0 fully saturated rings. The highest BCUT2D eigenvalue weighted by Gasteiger charge is 2.29. The zero-order valence-electron chi connectivity index (χ0n) is 14.9. The maximum Gasteiger partial charge on any atom is 0.269 e. The number of benzene rings is 2. The third-order valence-electron chi connectivity index (χ3n) is 3.94. The molecule has 136 valence electrons. The number of nitrogens with one attached hydrogen (secondary N) is 1. The Hall–Kier alpha value is -3.22. The molecule has 0 atom stereocenters. The number of nitro groups is 1. The molecule has 0 aromatic heterocycles. The topological polar surface area (TPSA) is 93.8 Å². The highest BCUT2D eigenvalue weighted by Crippen LogP contribution is 2.25. The van der Waals surface area contributed by atoms with Gasteiger partial charge in [0.1, 0.15) is 5.75 Å². The Morgan fingerprint density at radius 3 is 2.35 bits per heavy atom. The Morgan fingerprint density at radius 1 is 1.19 bits per heavy atom. The molecule has 7 nitrogen and oxygen atoms in total. The highest BCUT2D eigenvalue weighted by molar-refractivity contribution is 5.88. The third-order valence-corrected chi connectivity index (χ3v) is 3.94. The molecular weight excluding hydrogens is 334 g/mol. The lowest BCUT2D eigenvalue weighted by molar-refractivity contribution is -0.384. The van der Waals surface area contributed by atoms with Gasteiger partial charge in [0.2, 0.25) is 5.91 Å². The number of non-ortho nitro benzene ring substituents is 1. The van der Waals surface area contributed by atoms with Crippen molar-refractivity contribution in [3.05, 3.63) is 69.8 Å². The second kappa shape index (κ2) is 8.24. The number of carbonyl (C=O) groups excluding carboxylic acids is 1. The van der Waals surface area contributed by atoms with Crippen molar-refractivity contribution in [2.24, 2.45) is 5.10 Å². The van der Waals surface area contributed by atoms with E-state index >= 15 is 0 Å². The van der Waals surface area contributed by atoms with Crippen molar-refractivity contribution in [1.29, 1.82) is 0 Å². The van der Waals surface area contributed by atoms with Crippen LogP contribution < -0.4 is 10.2 Å². The molecule has 0 aliphatic heterocycles. The average molecular weight is 355 g/mol. The van der Waals surface area contributed by atoms with E-state index in [1.54, 1.807) is 26.0 Å². The van der Waals surface area contributed by atoms with Crippen molar-refractivity contribution in [2.75, 3.05) is 6.61 Å². The SMILES string of the molecule is CCOc1ccc(C(C)(C)C(=O)NN=Cc2ccc([N+](=O)[O-])cc2)cc1.